The second kappa shape index (κ2) is 7.81. The lowest BCUT2D eigenvalue weighted by Crippen LogP contribution is -2.20. The molecule has 0 spiro atoms. The quantitative estimate of drug-likeness (QED) is 0.320. The van der Waals surface area contributed by atoms with Crippen LogP contribution in [0.1, 0.15) is 5.56 Å². The molecular formula is C22H14FN3O4S2. The molecule has 0 saturated heterocycles. The molecule has 2 aromatic carbocycles. The predicted octanol–water partition coefficient (Wildman–Crippen LogP) is 5.57. The van der Waals surface area contributed by atoms with Gasteiger partial charge in [0.05, 0.1) is 17.3 Å². The molecule has 0 aliphatic carbocycles. The predicted molar refractivity (Wildman–Crippen MR) is 121 cm³/mol. The molecule has 7 nitrogen and oxygen atoms in total. The van der Waals surface area contributed by atoms with Crippen LogP contribution in [0.15, 0.2) is 57.9 Å². The van der Waals surface area contributed by atoms with Crippen LogP contribution in [0, 0.1) is 17.6 Å². The fourth-order valence-corrected chi connectivity index (χ4v) is 4.54. The van der Waals surface area contributed by atoms with Crippen LogP contribution < -0.4 is 15.0 Å². The molecule has 3 heterocycles. The van der Waals surface area contributed by atoms with Crippen molar-refractivity contribution in [2.24, 2.45) is 0 Å². The van der Waals surface area contributed by atoms with Crippen molar-refractivity contribution in [2.45, 2.75) is 6.92 Å². The number of hydrogen-bond donors (Lipinski definition) is 0. The summed E-state index contributed by atoms with van der Waals surface area (Å²) in [5.74, 6) is 1.15. The molecule has 160 valence electrons. The summed E-state index contributed by atoms with van der Waals surface area (Å²) < 4.78 is 32.1. The van der Waals surface area contributed by atoms with Gasteiger partial charge < -0.3 is 13.9 Å². The summed E-state index contributed by atoms with van der Waals surface area (Å²) in [6.07, 6.45) is 1.46. The van der Waals surface area contributed by atoms with Crippen molar-refractivity contribution < 1.29 is 18.3 Å². The number of benzene rings is 2. The minimum atomic E-state index is -0.451. The van der Waals surface area contributed by atoms with E-state index in [1.54, 1.807) is 37.3 Å². The fourth-order valence-electron chi connectivity index (χ4n) is 3.24. The molecule has 5 aromatic rings. The lowest BCUT2D eigenvalue weighted by atomic mass is 10.2. The van der Waals surface area contributed by atoms with Gasteiger partial charge in [0.2, 0.25) is 10.7 Å². The van der Waals surface area contributed by atoms with Gasteiger partial charge in [-0.3, -0.25) is 4.79 Å². The van der Waals surface area contributed by atoms with E-state index in [0.29, 0.717) is 33.5 Å². The van der Waals surface area contributed by atoms with E-state index in [2.05, 4.69) is 9.97 Å². The van der Waals surface area contributed by atoms with Gasteiger partial charge in [0.25, 0.3) is 10.4 Å². The number of thiazole rings is 1. The zero-order valence-corrected chi connectivity index (χ0v) is 18.4. The minimum absolute atomic E-state index is 0.0636. The second-order valence-electron chi connectivity index (χ2n) is 6.84. The molecule has 0 bridgehead atoms. The number of pyridine rings is 1. The Morgan fingerprint density at radius 1 is 1.16 bits per heavy atom. The molecule has 3 aromatic heterocycles. The fraction of sp³-hybridized carbons (Fsp3) is 0.0909. The molecule has 0 fully saturated rings. The van der Waals surface area contributed by atoms with Gasteiger partial charge in [-0.2, -0.15) is 0 Å². The van der Waals surface area contributed by atoms with Crippen LogP contribution >= 0.6 is 23.6 Å². The van der Waals surface area contributed by atoms with Crippen molar-refractivity contribution in [2.75, 3.05) is 7.11 Å². The molecule has 0 aliphatic heterocycles. The van der Waals surface area contributed by atoms with E-state index < -0.39 is 5.56 Å². The summed E-state index contributed by atoms with van der Waals surface area (Å²) in [7, 11) is 1.47. The van der Waals surface area contributed by atoms with Gasteiger partial charge in [0.1, 0.15) is 17.3 Å². The highest BCUT2D eigenvalue weighted by Gasteiger charge is 2.17. The van der Waals surface area contributed by atoms with Gasteiger partial charge in [-0.25, -0.2) is 18.9 Å². The molecule has 32 heavy (non-hydrogen) atoms. The number of hydrogen-bond acceptors (Lipinski definition) is 8. The average Bonchev–Trinajstić information content (AvgIpc) is 3.18. The standard InChI is InChI=1S/C22H14FN3O4S2/c1-11-9-12(23)3-6-15(11)29-13-4-5-14-17(10-13)32-21(25-14)26-20(27)18-19(30-22(26)31)16(28-2)7-8-24-18/h3-10H,1-2H3. The Bertz CT molecular complexity index is 1620. The molecule has 0 N–H and O–H groups in total. The SMILES string of the molecule is COc1ccnc2c(=O)n(-c3nc4ccc(Oc5ccc(F)cc5C)cc4s3)c(=S)oc12. The zero-order valence-electron chi connectivity index (χ0n) is 16.8. The Labute approximate surface area is 189 Å². The highest BCUT2D eigenvalue weighted by Crippen LogP contribution is 2.32. The normalized spacial score (nSPS) is 11.2. The van der Waals surface area contributed by atoms with Gasteiger partial charge in [-0.05, 0) is 55.0 Å². The largest absolute Gasteiger partial charge is 0.493 e. The molecule has 0 atom stereocenters. The summed E-state index contributed by atoms with van der Waals surface area (Å²) in [6, 6.07) is 11.2. The number of nitrogens with zero attached hydrogens (tertiary/aromatic N) is 3. The Kier molecular flexibility index (Phi) is 4.95. The minimum Gasteiger partial charge on any atom is -0.493 e. The van der Waals surface area contributed by atoms with E-state index in [4.69, 9.17) is 26.1 Å². The number of aromatic nitrogens is 3. The first-order chi connectivity index (χ1) is 15.4. The van der Waals surface area contributed by atoms with Crippen molar-refractivity contribution in [1.82, 2.24) is 14.5 Å². The van der Waals surface area contributed by atoms with Crippen LogP contribution in [0.25, 0.3) is 26.4 Å². The maximum atomic E-state index is 13.3. The summed E-state index contributed by atoms with van der Waals surface area (Å²) >= 11 is 6.58. The van der Waals surface area contributed by atoms with Crippen LogP contribution in [0.2, 0.25) is 0 Å². The number of fused-ring (bicyclic) bond motifs is 2. The second-order valence-corrected chi connectivity index (χ2v) is 8.20. The first kappa shape index (κ1) is 20.3. The summed E-state index contributed by atoms with van der Waals surface area (Å²) in [5, 5.41) is 0.348. The molecular weight excluding hydrogens is 453 g/mol. The first-order valence-electron chi connectivity index (χ1n) is 9.38. The number of aryl methyl sites for hydroxylation is 1. The van der Waals surface area contributed by atoms with Crippen LogP contribution in [-0.2, 0) is 0 Å². The lowest BCUT2D eigenvalue weighted by Gasteiger charge is -2.08. The molecule has 10 heteroatoms. The van der Waals surface area contributed by atoms with Crippen LogP contribution in [0.3, 0.4) is 0 Å². The molecule has 0 radical (unpaired) electrons. The number of rotatable bonds is 4. The molecule has 0 aliphatic rings. The Hall–Kier alpha value is -3.63. The molecule has 0 unspecified atom stereocenters. The van der Waals surface area contributed by atoms with Crippen LogP contribution in [-0.4, -0.2) is 21.6 Å². The van der Waals surface area contributed by atoms with Crippen molar-refractivity contribution >= 4 is 44.9 Å². The van der Waals surface area contributed by atoms with E-state index >= 15 is 0 Å². The van der Waals surface area contributed by atoms with Gasteiger partial charge >= 0.3 is 0 Å². The van der Waals surface area contributed by atoms with E-state index in [1.807, 2.05) is 0 Å². The van der Waals surface area contributed by atoms with Crippen molar-refractivity contribution in [3.05, 3.63) is 75.2 Å². The van der Waals surface area contributed by atoms with Gasteiger partial charge in [-0.15, -0.1) is 0 Å². The maximum absolute atomic E-state index is 13.3. The number of ether oxygens (including phenoxy) is 2. The summed E-state index contributed by atoms with van der Waals surface area (Å²) in [5.41, 5.74) is 1.17. The average molecular weight is 468 g/mol. The van der Waals surface area contributed by atoms with Crippen LogP contribution in [0.5, 0.6) is 17.2 Å². The van der Waals surface area contributed by atoms with E-state index in [9.17, 15) is 9.18 Å². The highest BCUT2D eigenvalue weighted by molar-refractivity contribution is 7.71. The summed E-state index contributed by atoms with van der Waals surface area (Å²) in [6.45, 7) is 1.77. The third-order valence-corrected chi connectivity index (χ3v) is 6.04. The maximum Gasteiger partial charge on any atom is 0.290 e. The van der Waals surface area contributed by atoms with Crippen molar-refractivity contribution in [3.63, 3.8) is 0 Å². The van der Waals surface area contributed by atoms with Crippen molar-refractivity contribution in [3.8, 4) is 22.4 Å². The van der Waals surface area contributed by atoms with E-state index in [-0.39, 0.29) is 21.8 Å². The molecule has 0 amide bonds. The monoisotopic (exact) mass is 467 g/mol. The summed E-state index contributed by atoms with van der Waals surface area (Å²) in [4.78, 5) is 21.7. The third kappa shape index (κ3) is 3.43. The van der Waals surface area contributed by atoms with Gasteiger partial charge in [-0.1, -0.05) is 11.3 Å². The first-order valence-corrected chi connectivity index (χ1v) is 10.6. The van der Waals surface area contributed by atoms with Crippen molar-refractivity contribution in [1.29, 1.82) is 0 Å². The van der Waals surface area contributed by atoms with E-state index in [0.717, 1.165) is 4.70 Å². The Morgan fingerprint density at radius 2 is 2.00 bits per heavy atom. The number of halogens is 1. The van der Waals surface area contributed by atoms with Gasteiger partial charge in [0, 0.05) is 18.3 Å². The lowest BCUT2D eigenvalue weighted by molar-refractivity contribution is 0.404. The smallest absolute Gasteiger partial charge is 0.290 e. The topological polar surface area (TPSA) is 79.4 Å². The Morgan fingerprint density at radius 3 is 2.78 bits per heavy atom. The van der Waals surface area contributed by atoms with Gasteiger partial charge in [0.15, 0.2) is 11.3 Å². The molecule has 5 rings (SSSR count). The highest BCUT2D eigenvalue weighted by atomic mass is 32.1. The Balaban J connectivity index is 1.59. The zero-order chi connectivity index (χ0) is 22.4. The molecule has 0 saturated carbocycles. The third-order valence-electron chi connectivity index (χ3n) is 4.77. The van der Waals surface area contributed by atoms with Crippen LogP contribution in [0.4, 0.5) is 4.39 Å². The van der Waals surface area contributed by atoms with E-state index in [1.165, 1.54) is 41.3 Å². The number of methoxy groups -OCH3 is 1.